The fourth-order valence-electron chi connectivity index (χ4n) is 5.69. The number of benzene rings is 4. The van der Waals surface area contributed by atoms with Crippen LogP contribution in [-0.2, 0) is 59.6 Å². The Morgan fingerprint density at radius 3 is 1.79 bits per heavy atom. The zero-order chi connectivity index (χ0) is 33.4. The van der Waals surface area contributed by atoms with E-state index in [2.05, 4.69) is 10.0 Å². The van der Waals surface area contributed by atoms with Crippen molar-refractivity contribution < 1.29 is 33.2 Å². The summed E-state index contributed by atoms with van der Waals surface area (Å²) in [5, 5.41) is 4.08. The van der Waals surface area contributed by atoms with Crippen LogP contribution in [0.15, 0.2) is 126 Å². The van der Waals surface area contributed by atoms with Crippen LogP contribution >= 0.6 is 0 Å². The predicted octanol–water partition coefficient (Wildman–Crippen LogP) is 6.97. The van der Waals surface area contributed by atoms with Gasteiger partial charge in [0.2, 0.25) is 5.79 Å². The molecule has 0 bridgehead atoms. The molecule has 1 heterocycles. The van der Waals surface area contributed by atoms with E-state index in [1.54, 1.807) is 0 Å². The number of ether oxygens (including phenoxy) is 6. The van der Waals surface area contributed by atoms with Crippen LogP contribution in [0.3, 0.4) is 0 Å². The molecule has 0 N–H and O–H groups in total. The van der Waals surface area contributed by atoms with Crippen LogP contribution in [0.2, 0.25) is 0 Å². The lowest BCUT2D eigenvalue weighted by Crippen LogP contribution is -2.63. The maximum absolute atomic E-state index is 12.6. The van der Waals surface area contributed by atoms with E-state index in [0.717, 1.165) is 22.3 Å². The molecule has 0 aliphatic carbocycles. The van der Waals surface area contributed by atoms with Crippen LogP contribution in [0.25, 0.3) is 10.4 Å². The third kappa shape index (κ3) is 9.82. The standard InChI is InChI=1S/C38H41N3O7/c1-43-38(28-42)22-33(40-41-39)35(46-25-31-18-10-4-11-19-31)37(48-38)36(47-26-32-20-12-5-13-21-32)34(45-24-30-16-8-3-9-17-30)27-44-23-29-14-6-2-7-15-29/h2-21,28,33-37H,22-27H2,1H3/t33-,34+,35+,36+,37+,38-/m0/s1. The highest BCUT2D eigenvalue weighted by molar-refractivity contribution is 5.60. The summed E-state index contributed by atoms with van der Waals surface area (Å²) >= 11 is 0. The van der Waals surface area contributed by atoms with Crippen molar-refractivity contribution in [3.8, 4) is 0 Å². The molecule has 0 radical (unpaired) electrons. The van der Waals surface area contributed by atoms with E-state index in [1.807, 2.05) is 121 Å². The average Bonchev–Trinajstić information content (AvgIpc) is 3.15. The third-order valence-corrected chi connectivity index (χ3v) is 8.22. The summed E-state index contributed by atoms with van der Waals surface area (Å²) in [5.74, 6) is -1.71. The molecule has 1 aliphatic rings. The second-order valence-electron chi connectivity index (χ2n) is 11.6. The second kappa shape index (κ2) is 18.2. The highest BCUT2D eigenvalue weighted by atomic mass is 16.7. The summed E-state index contributed by atoms with van der Waals surface area (Å²) < 4.78 is 38.2. The molecule has 10 nitrogen and oxygen atoms in total. The first-order valence-electron chi connectivity index (χ1n) is 15.9. The molecule has 48 heavy (non-hydrogen) atoms. The zero-order valence-corrected chi connectivity index (χ0v) is 27.0. The highest BCUT2D eigenvalue weighted by Gasteiger charge is 2.53. The van der Waals surface area contributed by atoms with Gasteiger partial charge in [-0.3, -0.25) is 4.79 Å². The van der Waals surface area contributed by atoms with Crippen LogP contribution in [-0.4, -0.2) is 56.2 Å². The molecule has 0 amide bonds. The topological polar surface area (TPSA) is 121 Å². The maximum atomic E-state index is 12.6. The summed E-state index contributed by atoms with van der Waals surface area (Å²) in [7, 11) is 1.38. The van der Waals surface area contributed by atoms with Gasteiger partial charge in [0, 0.05) is 18.4 Å². The molecule has 0 saturated carbocycles. The van der Waals surface area contributed by atoms with Crippen LogP contribution in [0.5, 0.6) is 0 Å². The van der Waals surface area contributed by atoms with Crippen molar-refractivity contribution >= 4 is 6.29 Å². The molecule has 1 saturated heterocycles. The van der Waals surface area contributed by atoms with Gasteiger partial charge in [0.05, 0.1) is 45.2 Å². The Balaban J connectivity index is 1.52. The van der Waals surface area contributed by atoms with Crippen LogP contribution < -0.4 is 0 Å². The number of rotatable bonds is 18. The Morgan fingerprint density at radius 1 is 0.792 bits per heavy atom. The van der Waals surface area contributed by atoms with Crippen LogP contribution in [0.4, 0.5) is 0 Å². The van der Waals surface area contributed by atoms with Gasteiger partial charge < -0.3 is 28.4 Å². The lowest BCUT2D eigenvalue weighted by molar-refractivity contribution is -0.306. The number of azide groups is 1. The van der Waals surface area contributed by atoms with Crippen molar-refractivity contribution in [3.63, 3.8) is 0 Å². The molecule has 0 aromatic heterocycles. The van der Waals surface area contributed by atoms with E-state index in [4.69, 9.17) is 28.4 Å². The summed E-state index contributed by atoms with van der Waals surface area (Å²) in [6, 6.07) is 38.2. The van der Waals surface area contributed by atoms with Gasteiger partial charge in [-0.15, -0.1) is 0 Å². The Labute approximate surface area is 281 Å². The summed E-state index contributed by atoms with van der Waals surface area (Å²) in [6.07, 6.45) is -2.84. The van der Waals surface area contributed by atoms with Crippen LogP contribution in [0, 0.1) is 0 Å². The molecule has 0 unspecified atom stereocenters. The molecular formula is C38H41N3O7. The fraction of sp³-hybridized carbons (Fsp3) is 0.342. The fourth-order valence-corrected chi connectivity index (χ4v) is 5.69. The third-order valence-electron chi connectivity index (χ3n) is 8.22. The number of carbonyl (C=O) groups excluding carboxylic acids is 1. The number of hydrogen-bond donors (Lipinski definition) is 0. The average molecular weight is 652 g/mol. The van der Waals surface area contributed by atoms with E-state index in [1.165, 1.54) is 7.11 Å². The zero-order valence-electron chi connectivity index (χ0n) is 27.0. The van der Waals surface area contributed by atoms with E-state index in [9.17, 15) is 10.3 Å². The lowest BCUT2D eigenvalue weighted by Gasteiger charge is -2.47. The Morgan fingerprint density at radius 2 is 1.29 bits per heavy atom. The normalized spacial score (nSPS) is 21.9. The molecule has 4 aromatic carbocycles. The number of carbonyl (C=O) groups is 1. The molecule has 5 rings (SSSR count). The molecule has 250 valence electrons. The van der Waals surface area contributed by atoms with Crippen molar-refractivity contribution in [1.82, 2.24) is 0 Å². The van der Waals surface area contributed by atoms with E-state index < -0.39 is 36.2 Å². The minimum Gasteiger partial charge on any atom is -0.374 e. The SMILES string of the molecule is CO[C@@]1(C=O)C[C@H](N=[N+]=[N-])[C@@H](OCc2ccccc2)[C@H]([C@H](OCc2ccccc2)[C@@H](COCc2ccccc2)OCc2ccccc2)O1. The first kappa shape index (κ1) is 34.9. The van der Waals surface area contributed by atoms with Crippen molar-refractivity contribution in [2.75, 3.05) is 13.7 Å². The predicted molar refractivity (Wildman–Crippen MR) is 179 cm³/mol. The van der Waals surface area contributed by atoms with Crippen LogP contribution in [0.1, 0.15) is 28.7 Å². The minimum atomic E-state index is -1.71. The van der Waals surface area contributed by atoms with Gasteiger partial charge in [-0.25, -0.2) is 0 Å². The number of nitrogens with zero attached hydrogens (tertiary/aromatic N) is 3. The minimum absolute atomic E-state index is 0.0432. The van der Waals surface area contributed by atoms with Gasteiger partial charge in [0.25, 0.3) is 0 Å². The molecule has 10 heteroatoms. The van der Waals surface area contributed by atoms with E-state index in [-0.39, 0.29) is 32.8 Å². The van der Waals surface area contributed by atoms with Gasteiger partial charge in [-0.05, 0) is 27.8 Å². The van der Waals surface area contributed by atoms with Crippen molar-refractivity contribution in [2.45, 2.75) is 69.1 Å². The monoisotopic (exact) mass is 651 g/mol. The van der Waals surface area contributed by atoms with Crippen molar-refractivity contribution in [2.24, 2.45) is 5.11 Å². The Kier molecular flexibility index (Phi) is 13.3. The van der Waals surface area contributed by atoms with Gasteiger partial charge in [-0.2, -0.15) is 0 Å². The number of methoxy groups -OCH3 is 1. The Hall–Kier alpha value is -4.38. The lowest BCUT2D eigenvalue weighted by atomic mass is 9.89. The number of aldehydes is 1. The molecule has 4 aromatic rings. The molecule has 1 aliphatic heterocycles. The van der Waals surface area contributed by atoms with E-state index >= 15 is 0 Å². The molecule has 1 fully saturated rings. The van der Waals surface area contributed by atoms with Gasteiger partial charge >= 0.3 is 0 Å². The molecule has 0 spiro atoms. The first-order valence-corrected chi connectivity index (χ1v) is 15.9. The highest BCUT2D eigenvalue weighted by Crippen LogP contribution is 2.37. The van der Waals surface area contributed by atoms with Gasteiger partial charge in [0.1, 0.15) is 18.3 Å². The molecule has 6 atom stereocenters. The summed E-state index contributed by atoms with van der Waals surface area (Å²) in [4.78, 5) is 15.7. The summed E-state index contributed by atoms with van der Waals surface area (Å²) in [6.45, 7) is 1.13. The van der Waals surface area contributed by atoms with E-state index in [0.29, 0.717) is 12.9 Å². The quantitative estimate of drug-likeness (QED) is 0.0493. The smallest absolute Gasteiger partial charge is 0.226 e. The first-order chi connectivity index (χ1) is 23.6. The largest absolute Gasteiger partial charge is 0.374 e. The Bertz CT molecular complexity index is 1560. The van der Waals surface area contributed by atoms with Crippen molar-refractivity contribution in [3.05, 3.63) is 154 Å². The summed E-state index contributed by atoms with van der Waals surface area (Å²) in [5.41, 5.74) is 13.4. The maximum Gasteiger partial charge on any atom is 0.226 e. The molecular weight excluding hydrogens is 610 g/mol. The van der Waals surface area contributed by atoms with Gasteiger partial charge in [-0.1, -0.05) is 126 Å². The van der Waals surface area contributed by atoms with Gasteiger partial charge in [0.15, 0.2) is 6.29 Å². The van der Waals surface area contributed by atoms with Crippen molar-refractivity contribution in [1.29, 1.82) is 0 Å². The number of hydrogen-bond acceptors (Lipinski definition) is 8. The second-order valence-corrected chi connectivity index (χ2v) is 11.6.